The SMILES string of the molecule is CCN(CC)CCCNC(=O)[C@H]1CC(=O)N(c2cc(OC)ccc2OC)C1. The van der Waals surface area contributed by atoms with E-state index in [-0.39, 0.29) is 24.2 Å². The molecule has 0 saturated carbocycles. The molecule has 7 heteroatoms. The van der Waals surface area contributed by atoms with E-state index in [1.807, 2.05) is 0 Å². The van der Waals surface area contributed by atoms with Crippen LogP contribution in [0.5, 0.6) is 11.5 Å². The fourth-order valence-corrected chi connectivity index (χ4v) is 3.32. The number of amides is 2. The summed E-state index contributed by atoms with van der Waals surface area (Å²) < 4.78 is 10.6. The highest BCUT2D eigenvalue weighted by Gasteiger charge is 2.36. The number of hydrogen-bond acceptors (Lipinski definition) is 5. The Labute approximate surface area is 161 Å². The van der Waals surface area contributed by atoms with Gasteiger partial charge in [-0.05, 0) is 38.2 Å². The summed E-state index contributed by atoms with van der Waals surface area (Å²) in [7, 11) is 3.14. The van der Waals surface area contributed by atoms with Crippen LogP contribution in [0.4, 0.5) is 5.69 Å². The van der Waals surface area contributed by atoms with Crippen LogP contribution < -0.4 is 19.7 Å². The fraction of sp³-hybridized carbons (Fsp3) is 0.600. The van der Waals surface area contributed by atoms with Crippen molar-refractivity contribution < 1.29 is 19.1 Å². The van der Waals surface area contributed by atoms with Crippen LogP contribution in [0.1, 0.15) is 26.7 Å². The minimum atomic E-state index is -0.345. The van der Waals surface area contributed by atoms with Gasteiger partial charge in [-0.15, -0.1) is 0 Å². The molecule has 1 fully saturated rings. The Bertz CT molecular complexity index is 646. The molecule has 7 nitrogen and oxygen atoms in total. The molecule has 1 aromatic rings. The van der Waals surface area contributed by atoms with Gasteiger partial charge in [-0.2, -0.15) is 0 Å². The first-order valence-corrected chi connectivity index (χ1v) is 9.56. The summed E-state index contributed by atoms with van der Waals surface area (Å²) >= 11 is 0. The molecule has 1 saturated heterocycles. The minimum Gasteiger partial charge on any atom is -0.497 e. The summed E-state index contributed by atoms with van der Waals surface area (Å²) in [6.45, 7) is 8.23. The fourth-order valence-electron chi connectivity index (χ4n) is 3.32. The van der Waals surface area contributed by atoms with Crippen molar-refractivity contribution in [1.29, 1.82) is 0 Å². The van der Waals surface area contributed by atoms with Gasteiger partial charge >= 0.3 is 0 Å². The molecule has 0 spiro atoms. The van der Waals surface area contributed by atoms with E-state index in [1.165, 1.54) is 0 Å². The maximum absolute atomic E-state index is 12.5. The number of benzene rings is 1. The number of methoxy groups -OCH3 is 2. The predicted molar refractivity (Wildman–Crippen MR) is 105 cm³/mol. The maximum atomic E-state index is 12.5. The second kappa shape index (κ2) is 10.2. The Balaban J connectivity index is 1.94. The van der Waals surface area contributed by atoms with Gasteiger partial charge in [-0.1, -0.05) is 13.8 Å². The highest BCUT2D eigenvalue weighted by Crippen LogP contribution is 2.36. The van der Waals surface area contributed by atoms with Gasteiger partial charge in [-0.3, -0.25) is 9.59 Å². The van der Waals surface area contributed by atoms with Crippen molar-refractivity contribution >= 4 is 17.5 Å². The molecule has 1 aromatic carbocycles. The minimum absolute atomic E-state index is 0.0627. The predicted octanol–water partition coefficient (Wildman–Crippen LogP) is 1.90. The van der Waals surface area contributed by atoms with Crippen molar-refractivity contribution in [3.8, 4) is 11.5 Å². The zero-order valence-corrected chi connectivity index (χ0v) is 16.8. The molecule has 0 bridgehead atoms. The molecule has 150 valence electrons. The summed E-state index contributed by atoms with van der Waals surface area (Å²) in [4.78, 5) is 28.9. The Hall–Kier alpha value is -2.28. The van der Waals surface area contributed by atoms with Crippen LogP contribution in [0.25, 0.3) is 0 Å². The highest BCUT2D eigenvalue weighted by molar-refractivity contribution is 6.01. The first kappa shape index (κ1) is 21.0. The lowest BCUT2D eigenvalue weighted by Gasteiger charge is -2.20. The van der Waals surface area contributed by atoms with Gasteiger partial charge in [0.05, 0.1) is 25.8 Å². The lowest BCUT2D eigenvalue weighted by atomic mass is 10.1. The smallest absolute Gasteiger partial charge is 0.227 e. The van der Waals surface area contributed by atoms with Gasteiger partial charge in [0.15, 0.2) is 0 Å². The third-order valence-electron chi connectivity index (χ3n) is 5.02. The normalized spacial score (nSPS) is 16.7. The van der Waals surface area contributed by atoms with Crippen molar-refractivity contribution in [1.82, 2.24) is 10.2 Å². The van der Waals surface area contributed by atoms with Crippen molar-refractivity contribution in [2.75, 3.05) is 51.8 Å². The number of carbonyl (C=O) groups is 2. The summed E-state index contributed by atoms with van der Waals surface area (Å²) in [5.74, 6) is 0.742. The second-order valence-electron chi connectivity index (χ2n) is 6.61. The lowest BCUT2D eigenvalue weighted by molar-refractivity contribution is -0.126. The third-order valence-corrected chi connectivity index (χ3v) is 5.02. The Morgan fingerprint density at radius 1 is 1.26 bits per heavy atom. The van der Waals surface area contributed by atoms with Crippen LogP contribution in [0.2, 0.25) is 0 Å². The van der Waals surface area contributed by atoms with Crippen LogP contribution in [-0.4, -0.2) is 63.7 Å². The zero-order chi connectivity index (χ0) is 19.8. The van der Waals surface area contributed by atoms with Crippen molar-refractivity contribution in [2.24, 2.45) is 5.92 Å². The molecule has 0 unspecified atom stereocenters. The number of hydrogen-bond donors (Lipinski definition) is 1. The highest BCUT2D eigenvalue weighted by atomic mass is 16.5. The molecular weight excluding hydrogens is 346 g/mol. The zero-order valence-electron chi connectivity index (χ0n) is 16.8. The topological polar surface area (TPSA) is 71.1 Å². The molecule has 1 aliphatic rings. The molecule has 2 amide bonds. The molecular formula is C20H31N3O4. The van der Waals surface area contributed by atoms with Gasteiger partial charge in [0.2, 0.25) is 11.8 Å². The van der Waals surface area contributed by atoms with Gasteiger partial charge in [0.25, 0.3) is 0 Å². The van der Waals surface area contributed by atoms with E-state index < -0.39 is 0 Å². The standard InChI is InChI=1S/C20H31N3O4/c1-5-22(6-2)11-7-10-21-20(25)15-12-19(24)23(14-15)17-13-16(26-3)8-9-18(17)27-4/h8-9,13,15H,5-7,10-12,14H2,1-4H3,(H,21,25)/t15-/m0/s1. The molecule has 1 aliphatic heterocycles. The molecule has 0 aromatic heterocycles. The first-order chi connectivity index (χ1) is 13.0. The van der Waals surface area contributed by atoms with E-state index in [0.717, 1.165) is 26.1 Å². The molecule has 1 heterocycles. The van der Waals surface area contributed by atoms with Crippen LogP contribution >= 0.6 is 0 Å². The first-order valence-electron chi connectivity index (χ1n) is 9.56. The quantitative estimate of drug-likeness (QED) is 0.631. The van der Waals surface area contributed by atoms with E-state index in [1.54, 1.807) is 37.3 Å². The number of carbonyl (C=O) groups excluding carboxylic acids is 2. The van der Waals surface area contributed by atoms with Crippen molar-refractivity contribution in [3.05, 3.63) is 18.2 Å². The molecule has 2 rings (SSSR count). The van der Waals surface area contributed by atoms with Gasteiger partial charge in [-0.25, -0.2) is 0 Å². The molecule has 1 N–H and O–H groups in total. The number of anilines is 1. The summed E-state index contributed by atoms with van der Waals surface area (Å²) in [6, 6.07) is 5.31. The number of nitrogens with zero attached hydrogens (tertiary/aromatic N) is 2. The van der Waals surface area contributed by atoms with Crippen LogP contribution in [0.15, 0.2) is 18.2 Å². The van der Waals surface area contributed by atoms with E-state index in [4.69, 9.17) is 9.47 Å². The lowest BCUT2D eigenvalue weighted by Crippen LogP contribution is -2.35. The van der Waals surface area contributed by atoms with Crippen LogP contribution in [-0.2, 0) is 9.59 Å². The molecule has 1 atom stereocenters. The largest absolute Gasteiger partial charge is 0.497 e. The number of rotatable bonds is 10. The number of nitrogens with one attached hydrogen (secondary N) is 1. The summed E-state index contributed by atoms with van der Waals surface area (Å²) in [6.07, 6.45) is 1.11. The van der Waals surface area contributed by atoms with Crippen LogP contribution in [0.3, 0.4) is 0 Å². The van der Waals surface area contributed by atoms with E-state index in [0.29, 0.717) is 30.3 Å². The van der Waals surface area contributed by atoms with Crippen LogP contribution in [0, 0.1) is 5.92 Å². The monoisotopic (exact) mass is 377 g/mol. The summed E-state index contributed by atoms with van der Waals surface area (Å²) in [5, 5.41) is 2.97. The van der Waals surface area contributed by atoms with Gasteiger partial charge in [0.1, 0.15) is 11.5 Å². The Morgan fingerprint density at radius 3 is 2.63 bits per heavy atom. The van der Waals surface area contributed by atoms with Crippen molar-refractivity contribution in [3.63, 3.8) is 0 Å². The maximum Gasteiger partial charge on any atom is 0.227 e. The molecule has 0 aliphatic carbocycles. The number of ether oxygens (including phenoxy) is 2. The Kier molecular flexibility index (Phi) is 7.91. The Morgan fingerprint density at radius 2 is 2.00 bits per heavy atom. The third kappa shape index (κ3) is 5.35. The van der Waals surface area contributed by atoms with E-state index in [9.17, 15) is 9.59 Å². The molecule has 0 radical (unpaired) electrons. The summed E-state index contributed by atoms with van der Waals surface area (Å²) in [5.41, 5.74) is 0.638. The van der Waals surface area contributed by atoms with E-state index >= 15 is 0 Å². The van der Waals surface area contributed by atoms with Gasteiger partial charge < -0.3 is 24.6 Å². The second-order valence-corrected chi connectivity index (χ2v) is 6.61. The van der Waals surface area contributed by atoms with Gasteiger partial charge in [0, 0.05) is 25.6 Å². The average Bonchev–Trinajstić information content (AvgIpc) is 3.09. The van der Waals surface area contributed by atoms with E-state index in [2.05, 4.69) is 24.1 Å². The van der Waals surface area contributed by atoms with Crippen molar-refractivity contribution in [2.45, 2.75) is 26.7 Å². The molecule has 27 heavy (non-hydrogen) atoms. The average molecular weight is 377 g/mol.